The quantitative estimate of drug-likeness (QED) is 0.694. The van der Waals surface area contributed by atoms with Crippen LogP contribution >= 0.6 is 0 Å². The molecule has 0 aromatic heterocycles. The van der Waals surface area contributed by atoms with E-state index in [2.05, 4.69) is 47.9 Å². The first-order chi connectivity index (χ1) is 16.2. The summed E-state index contributed by atoms with van der Waals surface area (Å²) in [4.78, 5) is 5.55. The van der Waals surface area contributed by atoms with E-state index in [1.807, 2.05) is 0 Å². The Morgan fingerprint density at radius 1 is 0.758 bits per heavy atom. The van der Waals surface area contributed by atoms with E-state index in [1.165, 1.54) is 22.3 Å². The van der Waals surface area contributed by atoms with Crippen molar-refractivity contribution in [2.24, 2.45) is 0 Å². The SMILES string of the molecule is CCC1c2cc3c(cc2CC2C4c5cc6c(cc5CC(CN12)N4CC)OCCO6)OCCO3. The van der Waals surface area contributed by atoms with E-state index in [0.717, 1.165) is 55.4 Å². The van der Waals surface area contributed by atoms with Gasteiger partial charge in [-0.05, 0) is 72.3 Å². The van der Waals surface area contributed by atoms with Crippen molar-refractivity contribution in [3.63, 3.8) is 0 Å². The van der Waals surface area contributed by atoms with E-state index in [-0.39, 0.29) is 0 Å². The van der Waals surface area contributed by atoms with Crippen LogP contribution in [-0.4, -0.2) is 61.4 Å². The molecule has 4 unspecified atom stereocenters. The van der Waals surface area contributed by atoms with Crippen molar-refractivity contribution in [1.29, 1.82) is 0 Å². The number of fused-ring (bicyclic) bond motifs is 9. The highest BCUT2D eigenvalue weighted by Crippen LogP contribution is 2.51. The second kappa shape index (κ2) is 7.54. The maximum Gasteiger partial charge on any atom is 0.161 e. The Morgan fingerprint density at radius 3 is 1.94 bits per heavy atom. The Balaban J connectivity index is 1.35. The smallest absolute Gasteiger partial charge is 0.161 e. The summed E-state index contributed by atoms with van der Waals surface area (Å²) in [7, 11) is 0. The molecule has 5 aliphatic rings. The van der Waals surface area contributed by atoms with Gasteiger partial charge in [0.05, 0.1) is 6.04 Å². The normalized spacial score (nSPS) is 29.6. The summed E-state index contributed by atoms with van der Waals surface area (Å²) in [6, 6.07) is 10.8. The van der Waals surface area contributed by atoms with E-state index in [4.69, 9.17) is 18.9 Å². The van der Waals surface area contributed by atoms with Crippen LogP contribution in [0.25, 0.3) is 0 Å². The van der Waals surface area contributed by atoms with Gasteiger partial charge in [-0.3, -0.25) is 9.80 Å². The molecule has 0 aliphatic carbocycles. The number of benzene rings is 2. The first kappa shape index (κ1) is 20.0. The summed E-state index contributed by atoms with van der Waals surface area (Å²) in [6.07, 6.45) is 3.21. The highest BCUT2D eigenvalue weighted by Gasteiger charge is 2.50. The summed E-state index contributed by atoms with van der Waals surface area (Å²) in [5, 5.41) is 0. The molecule has 2 bridgehead atoms. The van der Waals surface area contributed by atoms with Gasteiger partial charge in [-0.2, -0.15) is 0 Å². The predicted octanol–water partition coefficient (Wildman–Crippen LogP) is 3.91. The predicted molar refractivity (Wildman–Crippen MR) is 125 cm³/mol. The van der Waals surface area contributed by atoms with Gasteiger partial charge in [0, 0.05) is 24.7 Å². The van der Waals surface area contributed by atoms with Gasteiger partial charge in [0.2, 0.25) is 0 Å². The molecule has 0 amide bonds. The monoisotopic (exact) mass is 448 g/mol. The zero-order chi connectivity index (χ0) is 22.1. The van der Waals surface area contributed by atoms with Gasteiger partial charge in [-0.1, -0.05) is 13.8 Å². The average molecular weight is 449 g/mol. The van der Waals surface area contributed by atoms with Crippen molar-refractivity contribution in [2.45, 2.75) is 57.3 Å². The third-order valence-electron chi connectivity index (χ3n) is 8.36. The summed E-state index contributed by atoms with van der Waals surface area (Å²) in [5.74, 6) is 3.66. The number of ether oxygens (including phenoxy) is 4. The molecule has 6 heteroatoms. The molecule has 0 saturated carbocycles. The first-order valence-corrected chi connectivity index (χ1v) is 12.6. The van der Waals surface area contributed by atoms with E-state index in [9.17, 15) is 0 Å². The Bertz CT molecular complexity index is 1100. The van der Waals surface area contributed by atoms with Crippen LogP contribution in [0.15, 0.2) is 24.3 Å². The zero-order valence-corrected chi connectivity index (χ0v) is 19.5. The Morgan fingerprint density at radius 2 is 1.33 bits per heavy atom. The van der Waals surface area contributed by atoms with E-state index < -0.39 is 0 Å². The lowest BCUT2D eigenvalue weighted by Crippen LogP contribution is -2.64. The molecule has 1 fully saturated rings. The van der Waals surface area contributed by atoms with Crippen LogP contribution in [0.2, 0.25) is 0 Å². The van der Waals surface area contributed by atoms with Crippen LogP contribution in [0.1, 0.15) is 54.6 Å². The molecule has 5 heterocycles. The summed E-state index contributed by atoms with van der Waals surface area (Å²) in [5.41, 5.74) is 5.73. The Labute approximate surface area is 195 Å². The molecule has 5 aliphatic heterocycles. The van der Waals surface area contributed by atoms with E-state index in [0.29, 0.717) is 50.6 Å². The molecular formula is C27H32N2O4. The Hall–Kier alpha value is -2.44. The van der Waals surface area contributed by atoms with Gasteiger partial charge in [0.25, 0.3) is 0 Å². The molecule has 1 saturated heterocycles. The summed E-state index contributed by atoms with van der Waals surface area (Å²) in [6.45, 7) is 9.35. The van der Waals surface area contributed by atoms with Gasteiger partial charge in [-0.25, -0.2) is 0 Å². The lowest BCUT2D eigenvalue weighted by Gasteiger charge is -2.58. The molecule has 174 valence electrons. The molecule has 33 heavy (non-hydrogen) atoms. The molecule has 0 N–H and O–H groups in total. The fourth-order valence-corrected chi connectivity index (χ4v) is 7.07. The standard InChI is InChI=1S/C27H32N2O4/c1-3-21-19-13-25-24(31-5-7-32-25)12-17(19)10-22-27-20-14-26-23(30-6-8-33-26)11-16(20)9-18(15-29(21)22)28(27)4-2/h11-14,18,21-22,27H,3-10,15H2,1-2H3. The maximum atomic E-state index is 6.01. The van der Waals surface area contributed by atoms with Crippen molar-refractivity contribution < 1.29 is 18.9 Å². The van der Waals surface area contributed by atoms with E-state index in [1.54, 1.807) is 0 Å². The molecule has 0 spiro atoms. The highest BCUT2D eigenvalue weighted by molar-refractivity contribution is 5.53. The van der Waals surface area contributed by atoms with E-state index >= 15 is 0 Å². The number of hydrogen-bond donors (Lipinski definition) is 0. The van der Waals surface area contributed by atoms with Gasteiger partial charge in [-0.15, -0.1) is 0 Å². The fourth-order valence-electron chi connectivity index (χ4n) is 7.07. The van der Waals surface area contributed by atoms with Crippen LogP contribution in [-0.2, 0) is 12.8 Å². The molecule has 2 aromatic carbocycles. The van der Waals surface area contributed by atoms with Gasteiger partial charge in [0.1, 0.15) is 26.4 Å². The fraction of sp³-hybridized carbons (Fsp3) is 0.556. The zero-order valence-electron chi connectivity index (χ0n) is 19.5. The lowest BCUT2D eigenvalue weighted by molar-refractivity contribution is -0.0584. The minimum atomic E-state index is 0.365. The van der Waals surface area contributed by atoms with Crippen molar-refractivity contribution in [3.05, 3.63) is 46.5 Å². The highest BCUT2D eigenvalue weighted by atomic mass is 16.6. The van der Waals surface area contributed by atoms with Crippen molar-refractivity contribution in [1.82, 2.24) is 9.80 Å². The van der Waals surface area contributed by atoms with Crippen LogP contribution in [0, 0.1) is 0 Å². The molecule has 6 nitrogen and oxygen atoms in total. The van der Waals surface area contributed by atoms with Crippen molar-refractivity contribution in [2.75, 3.05) is 39.5 Å². The number of rotatable bonds is 2. The average Bonchev–Trinajstić information content (AvgIpc) is 2.85. The third kappa shape index (κ3) is 2.93. The molecule has 7 rings (SSSR count). The van der Waals surface area contributed by atoms with Crippen LogP contribution in [0.4, 0.5) is 0 Å². The number of piperazine rings is 1. The summed E-state index contributed by atoms with van der Waals surface area (Å²) < 4.78 is 23.8. The van der Waals surface area contributed by atoms with Crippen LogP contribution in [0.3, 0.4) is 0 Å². The second-order valence-corrected chi connectivity index (χ2v) is 9.91. The molecular weight excluding hydrogens is 416 g/mol. The van der Waals surface area contributed by atoms with Crippen molar-refractivity contribution in [3.8, 4) is 23.0 Å². The maximum absolute atomic E-state index is 6.01. The first-order valence-electron chi connectivity index (χ1n) is 12.6. The largest absolute Gasteiger partial charge is 0.486 e. The molecule has 0 radical (unpaired) electrons. The molecule has 2 aromatic rings. The van der Waals surface area contributed by atoms with Gasteiger partial charge >= 0.3 is 0 Å². The van der Waals surface area contributed by atoms with Gasteiger partial charge in [0.15, 0.2) is 23.0 Å². The van der Waals surface area contributed by atoms with Crippen LogP contribution < -0.4 is 18.9 Å². The number of hydrogen-bond acceptors (Lipinski definition) is 6. The van der Waals surface area contributed by atoms with Gasteiger partial charge < -0.3 is 18.9 Å². The topological polar surface area (TPSA) is 43.4 Å². The minimum absolute atomic E-state index is 0.365. The lowest BCUT2D eigenvalue weighted by atomic mass is 9.74. The molecule has 4 atom stereocenters. The third-order valence-corrected chi connectivity index (χ3v) is 8.36. The Kier molecular flexibility index (Phi) is 4.56. The minimum Gasteiger partial charge on any atom is -0.486 e. The van der Waals surface area contributed by atoms with Crippen LogP contribution in [0.5, 0.6) is 23.0 Å². The second-order valence-electron chi connectivity index (χ2n) is 9.91. The number of likely N-dealkylation sites (N-methyl/N-ethyl adjacent to an activating group) is 1. The van der Waals surface area contributed by atoms with Crippen molar-refractivity contribution >= 4 is 0 Å². The number of nitrogens with zero attached hydrogens (tertiary/aromatic N) is 2. The summed E-state index contributed by atoms with van der Waals surface area (Å²) >= 11 is 0.